The van der Waals surface area contributed by atoms with E-state index >= 15 is 0 Å². The number of aldehydes is 2. The summed E-state index contributed by atoms with van der Waals surface area (Å²) in [5.74, 6) is 0. The van der Waals surface area contributed by atoms with Crippen molar-refractivity contribution in [2.24, 2.45) is 0 Å². The summed E-state index contributed by atoms with van der Waals surface area (Å²) in [4.78, 5) is 19.1. The number of carbonyl (C=O) groups excluding carboxylic acids is 2. The van der Waals surface area contributed by atoms with Crippen LogP contribution in [-0.4, -0.2) is 12.6 Å². The molecule has 0 radical (unpaired) electrons. The standard InChI is InChI=1S/C6H7N.C5H8O2/c7-6-4-2-1-3-5-6;6-4-2-1-3-5-7/h1-5H,7H2;4-5H,1-3H2. The Morgan fingerprint density at radius 2 is 1.50 bits per heavy atom. The van der Waals surface area contributed by atoms with Gasteiger partial charge in [0, 0.05) is 18.5 Å². The van der Waals surface area contributed by atoms with E-state index in [1.165, 1.54) is 0 Å². The zero-order valence-electron chi connectivity index (χ0n) is 8.06. The Balaban J connectivity index is 0.000000241. The Bertz CT molecular complexity index is 239. The minimum atomic E-state index is 0.513. The molecule has 76 valence electrons. The third kappa shape index (κ3) is 8.46. The largest absolute Gasteiger partial charge is 0.399 e. The molecule has 0 bridgehead atoms. The second kappa shape index (κ2) is 9.45. The van der Waals surface area contributed by atoms with E-state index in [9.17, 15) is 9.59 Å². The van der Waals surface area contributed by atoms with Gasteiger partial charge < -0.3 is 15.3 Å². The third-order valence-corrected chi connectivity index (χ3v) is 1.44. The summed E-state index contributed by atoms with van der Waals surface area (Å²) >= 11 is 0. The molecule has 0 aromatic heterocycles. The first-order valence-electron chi connectivity index (χ1n) is 4.49. The van der Waals surface area contributed by atoms with E-state index in [-0.39, 0.29) is 0 Å². The van der Waals surface area contributed by atoms with E-state index in [0.717, 1.165) is 18.3 Å². The summed E-state index contributed by atoms with van der Waals surface area (Å²) in [5.41, 5.74) is 6.18. The molecule has 2 N–H and O–H groups in total. The maximum absolute atomic E-state index is 9.56. The third-order valence-electron chi connectivity index (χ3n) is 1.44. The van der Waals surface area contributed by atoms with Gasteiger partial charge in [-0.1, -0.05) is 18.2 Å². The highest BCUT2D eigenvalue weighted by Crippen LogP contribution is 1.95. The number of unbranched alkanes of at least 4 members (excludes halogenated alkanes) is 2. The molecule has 0 spiro atoms. The van der Waals surface area contributed by atoms with Gasteiger partial charge >= 0.3 is 0 Å². The van der Waals surface area contributed by atoms with Gasteiger partial charge in [-0.15, -0.1) is 0 Å². The van der Waals surface area contributed by atoms with E-state index in [1.54, 1.807) is 0 Å². The zero-order valence-corrected chi connectivity index (χ0v) is 8.06. The number of nitrogens with two attached hydrogens (primary N) is 1. The van der Waals surface area contributed by atoms with Crippen LogP contribution in [0, 0.1) is 0 Å². The van der Waals surface area contributed by atoms with Crippen LogP contribution in [0.5, 0.6) is 0 Å². The van der Waals surface area contributed by atoms with Gasteiger partial charge in [0.15, 0.2) is 0 Å². The van der Waals surface area contributed by atoms with Gasteiger partial charge in [-0.3, -0.25) is 0 Å². The fourth-order valence-corrected chi connectivity index (χ4v) is 0.738. The van der Waals surface area contributed by atoms with Crippen molar-refractivity contribution in [1.29, 1.82) is 0 Å². The molecule has 0 aliphatic rings. The molecule has 0 aliphatic carbocycles. The Hall–Kier alpha value is -1.64. The van der Waals surface area contributed by atoms with Crippen molar-refractivity contribution in [3.63, 3.8) is 0 Å². The summed E-state index contributed by atoms with van der Waals surface area (Å²) in [6.45, 7) is 0. The number of para-hydroxylation sites is 1. The molecule has 1 rings (SSSR count). The predicted molar refractivity (Wildman–Crippen MR) is 56.8 cm³/mol. The lowest BCUT2D eigenvalue weighted by Crippen LogP contribution is -1.79. The van der Waals surface area contributed by atoms with Gasteiger partial charge in [0.2, 0.25) is 0 Å². The quantitative estimate of drug-likeness (QED) is 0.451. The lowest BCUT2D eigenvalue weighted by molar-refractivity contribution is -0.108. The topological polar surface area (TPSA) is 60.2 Å². The van der Waals surface area contributed by atoms with Crippen LogP contribution in [0.25, 0.3) is 0 Å². The second-order valence-corrected chi connectivity index (χ2v) is 2.67. The molecule has 0 amide bonds. The average molecular weight is 193 g/mol. The van der Waals surface area contributed by atoms with Gasteiger partial charge in [-0.2, -0.15) is 0 Å². The molecule has 1 aromatic rings. The fraction of sp³-hybridized carbons (Fsp3) is 0.273. The van der Waals surface area contributed by atoms with Gasteiger partial charge in [-0.05, 0) is 18.6 Å². The van der Waals surface area contributed by atoms with Crippen LogP contribution < -0.4 is 5.73 Å². The Morgan fingerprint density at radius 1 is 1.00 bits per heavy atom. The molecule has 0 saturated carbocycles. The van der Waals surface area contributed by atoms with Crippen molar-refractivity contribution >= 4 is 18.3 Å². The van der Waals surface area contributed by atoms with Crippen LogP contribution in [0.2, 0.25) is 0 Å². The normalized spacial score (nSPS) is 8.29. The Morgan fingerprint density at radius 3 is 1.79 bits per heavy atom. The summed E-state index contributed by atoms with van der Waals surface area (Å²) < 4.78 is 0. The van der Waals surface area contributed by atoms with Crippen molar-refractivity contribution < 1.29 is 9.59 Å². The van der Waals surface area contributed by atoms with Crippen molar-refractivity contribution in [3.8, 4) is 0 Å². The minimum absolute atomic E-state index is 0.513. The maximum Gasteiger partial charge on any atom is 0.120 e. The van der Waals surface area contributed by atoms with Gasteiger partial charge in [0.05, 0.1) is 0 Å². The SMILES string of the molecule is Nc1ccccc1.O=CCCCC=O. The molecule has 3 nitrogen and oxygen atoms in total. The predicted octanol–water partition coefficient (Wildman–Crippen LogP) is 1.82. The van der Waals surface area contributed by atoms with Gasteiger partial charge in [0.1, 0.15) is 12.6 Å². The molecule has 0 aliphatic heterocycles. The Labute approximate surface area is 83.9 Å². The van der Waals surface area contributed by atoms with Crippen LogP contribution in [0.15, 0.2) is 30.3 Å². The number of hydrogen-bond donors (Lipinski definition) is 1. The number of carbonyl (C=O) groups is 2. The van der Waals surface area contributed by atoms with Crippen molar-refractivity contribution in [3.05, 3.63) is 30.3 Å². The zero-order chi connectivity index (χ0) is 10.6. The first-order valence-corrected chi connectivity index (χ1v) is 4.49. The number of benzene rings is 1. The van der Waals surface area contributed by atoms with Gasteiger partial charge in [0.25, 0.3) is 0 Å². The van der Waals surface area contributed by atoms with Crippen LogP contribution >= 0.6 is 0 Å². The van der Waals surface area contributed by atoms with Crippen LogP contribution in [-0.2, 0) is 9.59 Å². The second-order valence-electron chi connectivity index (χ2n) is 2.67. The first kappa shape index (κ1) is 12.4. The van der Waals surface area contributed by atoms with Crippen LogP contribution in [0.3, 0.4) is 0 Å². The lowest BCUT2D eigenvalue weighted by Gasteiger charge is -1.83. The highest BCUT2D eigenvalue weighted by atomic mass is 16.1. The summed E-state index contributed by atoms with van der Waals surface area (Å²) in [6, 6.07) is 9.49. The van der Waals surface area contributed by atoms with Crippen LogP contribution in [0.1, 0.15) is 19.3 Å². The highest BCUT2D eigenvalue weighted by molar-refractivity contribution is 5.52. The molecule has 1 aromatic carbocycles. The first-order chi connectivity index (χ1) is 6.81. The monoisotopic (exact) mass is 193 g/mol. The number of rotatable bonds is 4. The molecule has 14 heavy (non-hydrogen) atoms. The Kier molecular flexibility index (Phi) is 8.34. The van der Waals surface area contributed by atoms with Crippen molar-refractivity contribution in [2.75, 3.05) is 5.73 Å². The van der Waals surface area contributed by atoms with Gasteiger partial charge in [-0.25, -0.2) is 0 Å². The summed E-state index contributed by atoms with van der Waals surface area (Å²) in [5, 5.41) is 0. The van der Waals surface area contributed by atoms with Crippen molar-refractivity contribution in [2.45, 2.75) is 19.3 Å². The summed E-state index contributed by atoms with van der Waals surface area (Å²) in [6.07, 6.45) is 3.37. The fourth-order valence-electron chi connectivity index (χ4n) is 0.738. The molecule has 0 unspecified atom stereocenters. The van der Waals surface area contributed by atoms with Crippen molar-refractivity contribution in [1.82, 2.24) is 0 Å². The van der Waals surface area contributed by atoms with E-state index in [2.05, 4.69) is 0 Å². The summed E-state index contributed by atoms with van der Waals surface area (Å²) in [7, 11) is 0. The van der Waals surface area contributed by atoms with E-state index in [1.807, 2.05) is 30.3 Å². The molecular weight excluding hydrogens is 178 g/mol. The number of anilines is 1. The molecule has 0 heterocycles. The highest BCUT2D eigenvalue weighted by Gasteiger charge is 1.80. The van der Waals surface area contributed by atoms with E-state index in [4.69, 9.17) is 5.73 Å². The average Bonchev–Trinajstić information content (AvgIpc) is 2.21. The molecule has 0 fully saturated rings. The van der Waals surface area contributed by atoms with E-state index < -0.39 is 0 Å². The minimum Gasteiger partial charge on any atom is -0.399 e. The number of nitrogen functional groups attached to an aromatic ring is 1. The van der Waals surface area contributed by atoms with E-state index in [0.29, 0.717) is 19.3 Å². The lowest BCUT2D eigenvalue weighted by atomic mass is 10.3. The molecule has 0 atom stereocenters. The molecular formula is C11H15NO2. The maximum atomic E-state index is 9.56. The number of hydrogen-bond acceptors (Lipinski definition) is 3. The molecule has 3 heteroatoms. The smallest absolute Gasteiger partial charge is 0.120 e. The van der Waals surface area contributed by atoms with Crippen LogP contribution in [0.4, 0.5) is 5.69 Å². The molecule has 0 saturated heterocycles.